The smallest absolute Gasteiger partial charge is 0.335 e. The van der Waals surface area contributed by atoms with E-state index in [1.54, 1.807) is 0 Å². The van der Waals surface area contributed by atoms with Crippen molar-refractivity contribution in [1.82, 2.24) is 5.32 Å². The van der Waals surface area contributed by atoms with E-state index >= 15 is 0 Å². The summed E-state index contributed by atoms with van der Waals surface area (Å²) in [5.41, 5.74) is 5.98. The van der Waals surface area contributed by atoms with Crippen LogP contribution in [0.3, 0.4) is 0 Å². The van der Waals surface area contributed by atoms with Gasteiger partial charge in [0.1, 0.15) is 5.75 Å². The molecule has 1 rings (SSSR count). The highest BCUT2D eigenvalue weighted by Crippen LogP contribution is 2.22. The van der Waals surface area contributed by atoms with Gasteiger partial charge in [0, 0.05) is 6.04 Å². The number of rotatable bonds is 5. The molecule has 1 aromatic carbocycles. The number of carbonyl (C=O) groups excluding carboxylic acids is 1. The van der Waals surface area contributed by atoms with Gasteiger partial charge in [0.25, 0.3) is 5.91 Å². The number of anilines is 1. The first-order valence-electron chi connectivity index (χ1n) is 5.45. The van der Waals surface area contributed by atoms with E-state index in [2.05, 4.69) is 5.32 Å². The van der Waals surface area contributed by atoms with Gasteiger partial charge in [-0.1, -0.05) is 0 Å². The molecule has 0 saturated carbocycles. The molecule has 0 aliphatic rings. The topological polar surface area (TPSA) is 102 Å². The summed E-state index contributed by atoms with van der Waals surface area (Å²) >= 11 is 0. The lowest BCUT2D eigenvalue weighted by Crippen LogP contribution is -2.34. The third-order valence-corrected chi connectivity index (χ3v) is 2.07. The lowest BCUT2D eigenvalue weighted by atomic mass is 10.2. The molecular formula is C12H16N2O4. The number of hydrogen-bond donors (Lipinski definition) is 3. The van der Waals surface area contributed by atoms with Gasteiger partial charge >= 0.3 is 5.97 Å². The molecule has 0 aromatic heterocycles. The van der Waals surface area contributed by atoms with E-state index in [-0.39, 0.29) is 35.6 Å². The van der Waals surface area contributed by atoms with Crippen LogP contribution >= 0.6 is 0 Å². The maximum atomic E-state index is 11.4. The van der Waals surface area contributed by atoms with Gasteiger partial charge in [-0.25, -0.2) is 4.79 Å². The molecule has 6 heteroatoms. The molecule has 18 heavy (non-hydrogen) atoms. The quantitative estimate of drug-likeness (QED) is 0.675. The lowest BCUT2D eigenvalue weighted by molar-refractivity contribution is -0.123. The molecule has 0 saturated heterocycles. The Morgan fingerprint density at radius 2 is 2.11 bits per heavy atom. The predicted molar refractivity (Wildman–Crippen MR) is 66.6 cm³/mol. The molecule has 6 nitrogen and oxygen atoms in total. The Morgan fingerprint density at radius 3 is 2.67 bits per heavy atom. The largest absolute Gasteiger partial charge is 0.482 e. The van der Waals surface area contributed by atoms with Crippen molar-refractivity contribution in [3.8, 4) is 5.75 Å². The van der Waals surface area contributed by atoms with Crippen LogP contribution in [0.15, 0.2) is 18.2 Å². The summed E-state index contributed by atoms with van der Waals surface area (Å²) in [5, 5.41) is 11.5. The summed E-state index contributed by atoms with van der Waals surface area (Å²) in [4.78, 5) is 22.1. The van der Waals surface area contributed by atoms with Crippen molar-refractivity contribution >= 4 is 17.6 Å². The number of hydrogen-bond acceptors (Lipinski definition) is 4. The molecule has 0 unspecified atom stereocenters. The second-order valence-corrected chi connectivity index (χ2v) is 4.07. The molecule has 0 aliphatic carbocycles. The lowest BCUT2D eigenvalue weighted by Gasteiger charge is -2.11. The van der Waals surface area contributed by atoms with Gasteiger partial charge in [-0.3, -0.25) is 4.79 Å². The highest BCUT2D eigenvalue weighted by atomic mass is 16.5. The first-order chi connectivity index (χ1) is 8.40. The van der Waals surface area contributed by atoms with Crippen molar-refractivity contribution in [1.29, 1.82) is 0 Å². The van der Waals surface area contributed by atoms with E-state index < -0.39 is 5.97 Å². The fourth-order valence-corrected chi connectivity index (χ4v) is 1.30. The number of carboxylic acids is 1. The zero-order valence-electron chi connectivity index (χ0n) is 10.3. The average Bonchev–Trinajstić information content (AvgIpc) is 2.26. The molecule has 0 heterocycles. The monoisotopic (exact) mass is 252 g/mol. The Bertz CT molecular complexity index is 457. The summed E-state index contributed by atoms with van der Waals surface area (Å²) in [7, 11) is 0. The van der Waals surface area contributed by atoms with Gasteiger partial charge in [0.2, 0.25) is 0 Å². The average molecular weight is 252 g/mol. The summed E-state index contributed by atoms with van der Waals surface area (Å²) < 4.78 is 5.19. The van der Waals surface area contributed by atoms with Crippen LogP contribution in [0.25, 0.3) is 0 Å². The zero-order chi connectivity index (χ0) is 13.7. The Balaban J connectivity index is 2.69. The minimum absolute atomic E-state index is 0.0174. The van der Waals surface area contributed by atoms with Gasteiger partial charge in [-0.05, 0) is 32.0 Å². The van der Waals surface area contributed by atoms with Gasteiger partial charge in [-0.2, -0.15) is 0 Å². The Labute approximate surface area is 105 Å². The number of benzene rings is 1. The minimum Gasteiger partial charge on any atom is -0.482 e. The van der Waals surface area contributed by atoms with Gasteiger partial charge < -0.3 is 20.9 Å². The van der Waals surface area contributed by atoms with E-state index in [1.165, 1.54) is 18.2 Å². The van der Waals surface area contributed by atoms with Crippen molar-refractivity contribution in [3.05, 3.63) is 23.8 Å². The van der Waals surface area contributed by atoms with Crippen molar-refractivity contribution < 1.29 is 19.4 Å². The second-order valence-electron chi connectivity index (χ2n) is 4.07. The molecule has 0 atom stereocenters. The number of carbonyl (C=O) groups is 2. The van der Waals surface area contributed by atoms with Crippen LogP contribution in [-0.2, 0) is 4.79 Å². The van der Waals surface area contributed by atoms with Crippen LogP contribution in [0.1, 0.15) is 24.2 Å². The SMILES string of the molecule is CC(C)NC(=O)COc1cc(C(=O)O)ccc1N. The summed E-state index contributed by atoms with van der Waals surface area (Å²) in [6, 6.07) is 4.11. The summed E-state index contributed by atoms with van der Waals surface area (Å²) in [5.74, 6) is -1.18. The van der Waals surface area contributed by atoms with Crippen LogP contribution in [0.2, 0.25) is 0 Å². The fraction of sp³-hybridized carbons (Fsp3) is 0.333. The van der Waals surface area contributed by atoms with Crippen molar-refractivity contribution in [2.45, 2.75) is 19.9 Å². The maximum Gasteiger partial charge on any atom is 0.335 e. The van der Waals surface area contributed by atoms with Crippen LogP contribution in [0.4, 0.5) is 5.69 Å². The number of ether oxygens (including phenoxy) is 1. The third kappa shape index (κ3) is 3.97. The normalized spacial score (nSPS) is 10.2. The molecule has 0 fully saturated rings. The number of nitrogen functional groups attached to an aromatic ring is 1. The molecule has 1 aromatic rings. The van der Waals surface area contributed by atoms with Crippen molar-refractivity contribution in [2.24, 2.45) is 0 Å². The summed E-state index contributed by atoms with van der Waals surface area (Å²) in [6.45, 7) is 3.46. The Hall–Kier alpha value is -2.24. The van der Waals surface area contributed by atoms with Crippen LogP contribution in [0.5, 0.6) is 5.75 Å². The number of carboxylic acid groups (broad SMARTS) is 1. The zero-order valence-corrected chi connectivity index (χ0v) is 10.3. The van der Waals surface area contributed by atoms with Crippen LogP contribution < -0.4 is 15.8 Å². The van der Waals surface area contributed by atoms with Crippen LogP contribution in [-0.4, -0.2) is 29.6 Å². The van der Waals surface area contributed by atoms with E-state index in [4.69, 9.17) is 15.6 Å². The molecule has 98 valence electrons. The number of nitrogens with one attached hydrogen (secondary N) is 1. The summed E-state index contributed by atoms with van der Waals surface area (Å²) in [6.07, 6.45) is 0. The molecule has 1 amide bonds. The number of nitrogens with two attached hydrogens (primary N) is 1. The van der Waals surface area contributed by atoms with E-state index in [1.807, 2.05) is 13.8 Å². The third-order valence-electron chi connectivity index (χ3n) is 2.07. The van der Waals surface area contributed by atoms with Crippen molar-refractivity contribution in [3.63, 3.8) is 0 Å². The Morgan fingerprint density at radius 1 is 1.44 bits per heavy atom. The molecular weight excluding hydrogens is 236 g/mol. The second kappa shape index (κ2) is 5.90. The predicted octanol–water partition coefficient (Wildman–Crippen LogP) is 0.870. The molecule has 0 aliphatic heterocycles. The first kappa shape index (κ1) is 13.8. The van der Waals surface area contributed by atoms with Crippen LogP contribution in [0, 0.1) is 0 Å². The van der Waals surface area contributed by atoms with E-state index in [9.17, 15) is 9.59 Å². The molecule has 0 spiro atoms. The van der Waals surface area contributed by atoms with E-state index in [0.717, 1.165) is 0 Å². The minimum atomic E-state index is -1.08. The fourth-order valence-electron chi connectivity index (χ4n) is 1.30. The van der Waals surface area contributed by atoms with Gasteiger partial charge in [0.15, 0.2) is 6.61 Å². The highest BCUT2D eigenvalue weighted by molar-refractivity contribution is 5.89. The van der Waals surface area contributed by atoms with E-state index in [0.29, 0.717) is 0 Å². The highest BCUT2D eigenvalue weighted by Gasteiger charge is 2.10. The van der Waals surface area contributed by atoms with Crippen molar-refractivity contribution in [2.75, 3.05) is 12.3 Å². The molecule has 4 N–H and O–H groups in total. The molecule has 0 bridgehead atoms. The number of aromatic carboxylic acids is 1. The first-order valence-corrected chi connectivity index (χ1v) is 5.45. The number of amides is 1. The van der Waals surface area contributed by atoms with Gasteiger partial charge in [-0.15, -0.1) is 0 Å². The molecule has 0 radical (unpaired) electrons. The Kier molecular flexibility index (Phi) is 4.53. The standard InChI is InChI=1S/C12H16N2O4/c1-7(2)14-11(15)6-18-10-5-8(12(16)17)3-4-9(10)13/h3-5,7H,6,13H2,1-2H3,(H,14,15)(H,16,17). The maximum absolute atomic E-state index is 11.4. The van der Waals surface area contributed by atoms with Gasteiger partial charge in [0.05, 0.1) is 11.3 Å².